The molecule has 0 bridgehead atoms. The van der Waals surface area contributed by atoms with Crippen LogP contribution in [0.1, 0.15) is 0 Å². The Morgan fingerprint density at radius 3 is 2.89 bits per heavy atom. The number of oxazole rings is 1. The summed E-state index contributed by atoms with van der Waals surface area (Å²) in [5.41, 5.74) is 0.721. The first kappa shape index (κ1) is 12.6. The van der Waals surface area contributed by atoms with E-state index < -0.39 is 10.3 Å². The monoisotopic (exact) mass is 271 g/mol. The van der Waals surface area contributed by atoms with Crippen LogP contribution in [0.4, 0.5) is 0 Å². The van der Waals surface area contributed by atoms with Crippen LogP contribution in [0.25, 0.3) is 11.5 Å². The van der Waals surface area contributed by atoms with Gasteiger partial charge in [-0.05, 0) is 5.10 Å². The Morgan fingerprint density at radius 1 is 1.50 bits per heavy atom. The highest BCUT2D eigenvalue weighted by Crippen LogP contribution is 2.12. The van der Waals surface area contributed by atoms with Gasteiger partial charge in [0.05, 0.1) is 18.3 Å². The van der Waals surface area contributed by atoms with Crippen molar-refractivity contribution >= 4 is 10.3 Å². The highest BCUT2D eigenvalue weighted by molar-refractivity contribution is 7.83. The predicted molar refractivity (Wildman–Crippen MR) is 59.5 cm³/mol. The fraction of sp³-hybridized carbons (Fsp3) is 0.222. The van der Waals surface area contributed by atoms with Crippen molar-refractivity contribution < 1.29 is 22.1 Å². The normalized spacial score (nSPS) is 11.6. The third-order valence-corrected chi connectivity index (χ3v) is 2.64. The van der Waals surface area contributed by atoms with Crippen molar-refractivity contribution in [3.8, 4) is 11.5 Å². The Labute approximate surface area is 103 Å². The Balaban J connectivity index is 1.96. The second-order valence-corrected chi connectivity index (χ2v) is 4.62. The zero-order valence-electron chi connectivity index (χ0n) is 9.22. The molecule has 2 rings (SSSR count). The van der Waals surface area contributed by atoms with Gasteiger partial charge >= 0.3 is 10.3 Å². The second-order valence-electron chi connectivity index (χ2n) is 3.39. The molecular weight excluding hydrogens is 260 g/mol. The minimum absolute atomic E-state index is 0.0504. The van der Waals surface area contributed by atoms with Crippen LogP contribution in [0.15, 0.2) is 35.3 Å². The quantitative estimate of drug-likeness (QED) is 0.556. The highest BCUT2D eigenvalue weighted by Gasteiger charge is 2.09. The van der Waals surface area contributed by atoms with Gasteiger partial charge in [-0.3, -0.25) is 4.55 Å². The van der Waals surface area contributed by atoms with Crippen molar-refractivity contribution in [2.75, 3.05) is 6.54 Å². The first-order chi connectivity index (χ1) is 8.54. The van der Waals surface area contributed by atoms with Crippen LogP contribution in [0.2, 0.25) is 0 Å². The maximum atomic E-state index is 10.4. The summed E-state index contributed by atoms with van der Waals surface area (Å²) in [5.74, 6) is 0.464. The smallest absolute Gasteiger partial charge is 0.333 e. The van der Waals surface area contributed by atoms with Gasteiger partial charge in [-0.25, -0.2) is 4.98 Å². The summed E-state index contributed by atoms with van der Waals surface area (Å²) >= 11 is 0. The molecule has 0 amide bonds. The van der Waals surface area contributed by atoms with Crippen molar-refractivity contribution in [3.05, 3.63) is 30.9 Å². The average Bonchev–Trinajstić information content (AvgIpc) is 2.82. The van der Waals surface area contributed by atoms with E-state index in [0.717, 1.165) is 5.56 Å². The lowest BCUT2D eigenvalue weighted by molar-refractivity contribution is -0.751. The molecule has 2 aromatic heterocycles. The minimum Gasteiger partial charge on any atom is -0.444 e. The Morgan fingerprint density at radius 2 is 2.33 bits per heavy atom. The number of hydrogen-bond donors (Lipinski definition) is 2. The predicted octanol–water partition coefficient (Wildman–Crippen LogP) is -0.583. The zero-order valence-corrected chi connectivity index (χ0v) is 10.0. The molecule has 0 aliphatic rings. The maximum absolute atomic E-state index is 10.4. The van der Waals surface area contributed by atoms with Crippen LogP contribution >= 0.6 is 0 Å². The van der Waals surface area contributed by atoms with E-state index in [1.54, 1.807) is 18.5 Å². The Kier molecular flexibility index (Phi) is 3.65. The van der Waals surface area contributed by atoms with Crippen LogP contribution in [0.3, 0.4) is 0 Å². The molecule has 2 aromatic rings. The van der Waals surface area contributed by atoms with E-state index in [0.29, 0.717) is 12.4 Å². The van der Waals surface area contributed by atoms with Crippen LogP contribution < -0.4 is 9.40 Å². The van der Waals surface area contributed by atoms with Gasteiger partial charge in [0.1, 0.15) is 12.5 Å². The van der Waals surface area contributed by atoms with Gasteiger partial charge < -0.3 is 4.42 Å². The van der Waals surface area contributed by atoms with Crippen LogP contribution in [-0.2, 0) is 16.8 Å². The number of nitrogens with one attached hydrogen (secondary N) is 1. The van der Waals surface area contributed by atoms with E-state index in [9.17, 15) is 8.42 Å². The zero-order chi connectivity index (χ0) is 13.0. The fourth-order valence-corrected chi connectivity index (χ4v) is 1.65. The molecule has 8 nitrogen and oxygen atoms in total. The summed E-state index contributed by atoms with van der Waals surface area (Å²) in [7, 11) is -4.15. The third-order valence-electron chi connectivity index (χ3n) is 2.08. The molecule has 0 aromatic carbocycles. The van der Waals surface area contributed by atoms with Gasteiger partial charge in [0.2, 0.25) is 5.89 Å². The lowest BCUT2D eigenvalue weighted by Crippen LogP contribution is -2.42. The van der Waals surface area contributed by atoms with E-state index >= 15 is 0 Å². The molecule has 0 spiro atoms. The summed E-state index contributed by atoms with van der Waals surface area (Å²) in [6, 6.07) is 1.74. The number of nitrogens with zero attached hydrogens (tertiary/aromatic N) is 3. The fourth-order valence-electron chi connectivity index (χ4n) is 1.30. The van der Waals surface area contributed by atoms with E-state index in [1.807, 2.05) is 4.72 Å². The van der Waals surface area contributed by atoms with E-state index in [4.69, 9.17) is 8.97 Å². The average molecular weight is 271 g/mol. The maximum Gasteiger partial charge on any atom is 0.333 e. The van der Waals surface area contributed by atoms with Crippen molar-refractivity contribution in [1.29, 1.82) is 0 Å². The largest absolute Gasteiger partial charge is 0.444 e. The van der Waals surface area contributed by atoms with Gasteiger partial charge in [-0.15, -0.1) is 0 Å². The lowest BCUT2D eigenvalue weighted by atomic mass is 10.3. The lowest BCUT2D eigenvalue weighted by Gasteiger charge is -1.97. The molecule has 96 valence electrons. The summed E-state index contributed by atoms with van der Waals surface area (Å²) in [6.45, 7) is 0.348. The molecular formula is C9H11N4O4S+. The molecule has 2 N–H and O–H groups in total. The molecule has 0 atom stereocenters. The molecule has 0 radical (unpaired) electrons. The van der Waals surface area contributed by atoms with Gasteiger partial charge in [-0.1, -0.05) is 4.68 Å². The molecule has 9 heteroatoms. The standard InChI is InChI=1S/C9H10N4O4S/c14-18(15,16)12-2-5-13-4-1-8(7-11-13)9-10-3-6-17-9/h1,3-4,6-7,12H,2,5H2/p+1. The van der Waals surface area contributed by atoms with Crippen LogP contribution in [-0.4, -0.2) is 29.6 Å². The van der Waals surface area contributed by atoms with Gasteiger partial charge in [0.15, 0.2) is 12.7 Å². The van der Waals surface area contributed by atoms with Crippen molar-refractivity contribution in [2.45, 2.75) is 6.54 Å². The van der Waals surface area contributed by atoms with Crippen molar-refractivity contribution in [2.24, 2.45) is 0 Å². The Hall–Kier alpha value is -1.84. The van der Waals surface area contributed by atoms with Crippen molar-refractivity contribution in [3.63, 3.8) is 0 Å². The topological polar surface area (TPSA) is 109 Å². The molecule has 0 unspecified atom stereocenters. The van der Waals surface area contributed by atoms with Gasteiger partial charge in [-0.2, -0.15) is 13.1 Å². The molecule has 0 aliphatic carbocycles. The summed E-state index contributed by atoms with van der Waals surface area (Å²) in [6.07, 6.45) is 6.21. The van der Waals surface area contributed by atoms with E-state index in [-0.39, 0.29) is 6.54 Å². The molecule has 2 heterocycles. The summed E-state index contributed by atoms with van der Waals surface area (Å²) < 4.78 is 37.9. The van der Waals surface area contributed by atoms with E-state index in [2.05, 4.69) is 10.1 Å². The minimum atomic E-state index is -4.15. The molecule has 18 heavy (non-hydrogen) atoms. The second kappa shape index (κ2) is 5.21. The molecule has 0 aliphatic heterocycles. The first-order valence-corrected chi connectivity index (χ1v) is 6.46. The Bertz CT molecular complexity index is 594. The number of aromatic nitrogens is 3. The van der Waals surface area contributed by atoms with E-state index in [1.165, 1.54) is 17.1 Å². The molecule has 0 saturated heterocycles. The summed E-state index contributed by atoms with van der Waals surface area (Å²) in [5, 5.41) is 4.05. The number of hydrogen-bond acceptors (Lipinski definition) is 5. The van der Waals surface area contributed by atoms with Crippen molar-refractivity contribution in [1.82, 2.24) is 14.8 Å². The number of rotatable bonds is 5. The van der Waals surface area contributed by atoms with Gasteiger partial charge in [0.25, 0.3) is 0 Å². The van der Waals surface area contributed by atoms with Crippen LogP contribution in [0, 0.1) is 0 Å². The molecule has 0 fully saturated rings. The SMILES string of the molecule is O=S(=O)(O)NCC[n+]1ccc(-c2ncco2)cn1. The first-order valence-electron chi connectivity index (χ1n) is 5.02. The summed E-state index contributed by atoms with van der Waals surface area (Å²) in [4.78, 5) is 3.97. The van der Waals surface area contributed by atoms with Crippen LogP contribution in [0.5, 0.6) is 0 Å². The van der Waals surface area contributed by atoms with Gasteiger partial charge in [0, 0.05) is 6.07 Å². The third kappa shape index (κ3) is 3.58. The highest BCUT2D eigenvalue weighted by atomic mass is 32.2. The molecule has 0 saturated carbocycles.